The molecule has 3 saturated heterocycles. The van der Waals surface area contributed by atoms with Crippen molar-refractivity contribution in [1.82, 2.24) is 9.88 Å². The Morgan fingerprint density at radius 2 is 1.86 bits per heavy atom. The van der Waals surface area contributed by atoms with Gasteiger partial charge in [-0.15, -0.1) is 0 Å². The number of quaternary nitrogens is 1. The van der Waals surface area contributed by atoms with Crippen molar-refractivity contribution in [1.29, 1.82) is 5.26 Å². The third-order valence-corrected chi connectivity index (χ3v) is 7.37. The summed E-state index contributed by atoms with van der Waals surface area (Å²) in [5, 5.41) is 9.85. The summed E-state index contributed by atoms with van der Waals surface area (Å²) in [5.74, 6) is -1.34. The van der Waals surface area contributed by atoms with Crippen LogP contribution in [-0.2, 0) is 11.0 Å². The van der Waals surface area contributed by atoms with Crippen LogP contribution in [0.3, 0.4) is 0 Å². The fourth-order valence-electron chi connectivity index (χ4n) is 5.83. The third kappa shape index (κ3) is 2.82. The number of piperazine rings is 1. The maximum atomic E-state index is 14.0. The molecular formula is C25H17F3N5O3+. The molecule has 36 heavy (non-hydrogen) atoms. The third-order valence-electron chi connectivity index (χ3n) is 7.37. The summed E-state index contributed by atoms with van der Waals surface area (Å²) in [4.78, 5) is 48.2. The molecule has 4 unspecified atom stereocenters. The number of imide groups is 1. The molecule has 8 nitrogen and oxygen atoms in total. The molecule has 0 N–H and O–H groups in total. The minimum absolute atomic E-state index is 0.0583. The van der Waals surface area contributed by atoms with Crippen LogP contribution in [0, 0.1) is 11.3 Å². The number of nitrogens with zero attached hydrogens (tertiary/aromatic N) is 5. The number of nitriles is 1. The molecule has 3 aliphatic heterocycles. The summed E-state index contributed by atoms with van der Waals surface area (Å²) >= 11 is 0. The van der Waals surface area contributed by atoms with Crippen molar-refractivity contribution in [3.05, 3.63) is 71.4 Å². The van der Waals surface area contributed by atoms with Crippen LogP contribution in [-0.4, -0.2) is 63.9 Å². The van der Waals surface area contributed by atoms with Gasteiger partial charge >= 0.3 is 12.2 Å². The first-order valence-corrected chi connectivity index (χ1v) is 11.1. The number of alkyl halides is 3. The highest BCUT2D eigenvalue weighted by Crippen LogP contribution is 2.46. The Kier molecular flexibility index (Phi) is 4.61. The second-order valence-electron chi connectivity index (χ2n) is 9.15. The summed E-state index contributed by atoms with van der Waals surface area (Å²) in [6, 6.07) is 10.0. The Hall–Kier alpha value is -4.14. The van der Waals surface area contributed by atoms with Crippen molar-refractivity contribution in [3.8, 4) is 6.07 Å². The van der Waals surface area contributed by atoms with E-state index in [1.165, 1.54) is 30.5 Å². The number of Topliss-reactive ketones (excluding diaryl/α,β-unsaturated/α-hetero) is 1. The highest BCUT2D eigenvalue weighted by atomic mass is 19.4. The number of aromatic nitrogens is 1. The van der Waals surface area contributed by atoms with Gasteiger partial charge in [0.2, 0.25) is 5.78 Å². The van der Waals surface area contributed by atoms with E-state index in [0.717, 1.165) is 17.0 Å². The van der Waals surface area contributed by atoms with Crippen LogP contribution in [0.25, 0.3) is 10.9 Å². The number of carbonyl (C=O) groups excluding carboxylic acids is 3. The summed E-state index contributed by atoms with van der Waals surface area (Å²) in [5.41, 5.74) is -0.760. The van der Waals surface area contributed by atoms with Gasteiger partial charge in [0.25, 0.3) is 5.91 Å². The lowest BCUT2D eigenvalue weighted by atomic mass is 9.95. The minimum Gasteiger partial charge on any atom is -0.287 e. The lowest BCUT2D eigenvalue weighted by molar-refractivity contribution is -0.852. The van der Waals surface area contributed by atoms with Crippen LogP contribution >= 0.6 is 0 Å². The van der Waals surface area contributed by atoms with Gasteiger partial charge in [-0.1, -0.05) is 18.2 Å². The molecule has 1 spiro atoms. The average Bonchev–Trinajstić information content (AvgIpc) is 3.51. The first kappa shape index (κ1) is 22.3. The van der Waals surface area contributed by atoms with Crippen LogP contribution in [0.4, 0.5) is 23.7 Å². The molecular weight excluding hydrogens is 475 g/mol. The maximum absolute atomic E-state index is 14.0. The molecule has 2 aromatic carbocycles. The van der Waals surface area contributed by atoms with Crippen molar-refractivity contribution < 1.29 is 32.0 Å². The second kappa shape index (κ2) is 7.43. The molecule has 2 bridgehead atoms. The number of hydrogen-bond acceptors (Lipinski definition) is 6. The minimum atomic E-state index is -4.75. The van der Waals surface area contributed by atoms with E-state index in [4.69, 9.17) is 0 Å². The zero-order valence-corrected chi connectivity index (χ0v) is 18.6. The van der Waals surface area contributed by atoms with Crippen LogP contribution in [0.2, 0.25) is 0 Å². The summed E-state index contributed by atoms with van der Waals surface area (Å²) in [6.07, 6.45) is -3.25. The van der Waals surface area contributed by atoms with E-state index in [9.17, 15) is 32.8 Å². The van der Waals surface area contributed by atoms with E-state index in [2.05, 4.69) is 4.98 Å². The predicted octanol–water partition coefficient (Wildman–Crippen LogP) is 3.32. The average molecular weight is 492 g/mol. The molecule has 4 atom stereocenters. The number of halogens is 3. The quantitative estimate of drug-likeness (QED) is 0.316. The molecule has 0 saturated carbocycles. The SMILES string of the molecule is N#Cc1ccc(N2C(=O)C3CN4CC(C(=O)c5ccccc5C(F)(F)F)[N+]3(C4)C2=O)c2cccnc12. The second-order valence-corrected chi connectivity index (χ2v) is 9.15. The number of amides is 3. The molecule has 3 aliphatic rings. The molecule has 6 rings (SSSR count). The summed E-state index contributed by atoms with van der Waals surface area (Å²) in [6.45, 7) is 0.352. The fourth-order valence-corrected chi connectivity index (χ4v) is 5.83. The van der Waals surface area contributed by atoms with Gasteiger partial charge in [0.05, 0.1) is 35.4 Å². The lowest BCUT2D eigenvalue weighted by Crippen LogP contribution is -2.62. The van der Waals surface area contributed by atoms with Crippen LogP contribution in [0.1, 0.15) is 21.5 Å². The topological polar surface area (TPSA) is 94.4 Å². The Morgan fingerprint density at radius 3 is 2.61 bits per heavy atom. The number of urea groups is 1. The highest BCUT2D eigenvalue weighted by molar-refractivity contribution is 6.22. The van der Waals surface area contributed by atoms with Crippen molar-refractivity contribution in [3.63, 3.8) is 0 Å². The van der Waals surface area contributed by atoms with E-state index in [-0.39, 0.29) is 31.0 Å². The standard InChI is InChI=1S/C25H17F3N5O3/c26-25(27,28)17-6-2-1-4-15(17)22(34)19-11-31-12-20-23(35)32(24(36)33(19,20)13-31)18-8-7-14(10-29)21-16(18)5-3-9-30-21/h1-9,19-20H,11-13H2/q+1. The van der Waals surface area contributed by atoms with Crippen molar-refractivity contribution in [2.75, 3.05) is 24.7 Å². The number of ketones is 1. The molecule has 0 radical (unpaired) electrons. The van der Waals surface area contributed by atoms with Gasteiger partial charge in [0, 0.05) is 17.1 Å². The van der Waals surface area contributed by atoms with Gasteiger partial charge in [-0.2, -0.15) is 23.3 Å². The number of benzene rings is 2. The molecule has 11 heteroatoms. The molecule has 3 aromatic rings. The Morgan fingerprint density at radius 1 is 1.08 bits per heavy atom. The first-order valence-electron chi connectivity index (χ1n) is 11.1. The van der Waals surface area contributed by atoms with E-state index in [1.54, 1.807) is 17.0 Å². The number of hydrogen-bond donors (Lipinski definition) is 0. The fraction of sp³-hybridized carbons (Fsp3) is 0.240. The number of pyridine rings is 1. The van der Waals surface area contributed by atoms with E-state index in [0.29, 0.717) is 10.9 Å². The molecule has 0 aliphatic carbocycles. The van der Waals surface area contributed by atoms with Crippen LogP contribution in [0.15, 0.2) is 54.7 Å². The van der Waals surface area contributed by atoms with Gasteiger partial charge in [-0.3, -0.25) is 14.6 Å². The summed E-state index contributed by atoms with van der Waals surface area (Å²) < 4.78 is 40.4. The monoisotopic (exact) mass is 492 g/mol. The Labute approximate surface area is 202 Å². The van der Waals surface area contributed by atoms with Gasteiger partial charge in [0.1, 0.15) is 12.7 Å². The number of anilines is 1. The number of fused-ring (bicyclic) bond motifs is 2. The van der Waals surface area contributed by atoms with Gasteiger partial charge in [-0.25, -0.2) is 14.2 Å². The molecule has 4 heterocycles. The predicted molar refractivity (Wildman–Crippen MR) is 119 cm³/mol. The van der Waals surface area contributed by atoms with Crippen LogP contribution < -0.4 is 4.90 Å². The van der Waals surface area contributed by atoms with E-state index >= 15 is 0 Å². The van der Waals surface area contributed by atoms with E-state index < -0.39 is 51.6 Å². The first-order chi connectivity index (χ1) is 17.2. The van der Waals surface area contributed by atoms with Crippen molar-refractivity contribution in [2.24, 2.45) is 0 Å². The number of rotatable bonds is 3. The molecule has 180 valence electrons. The largest absolute Gasteiger partial charge is 0.433 e. The molecule has 3 fully saturated rings. The highest BCUT2D eigenvalue weighted by Gasteiger charge is 2.73. The zero-order chi connectivity index (χ0) is 25.4. The number of carbonyl (C=O) groups is 3. The van der Waals surface area contributed by atoms with Gasteiger partial charge in [-0.05, 0) is 30.3 Å². The van der Waals surface area contributed by atoms with Crippen LogP contribution in [0.5, 0.6) is 0 Å². The molecule has 1 aromatic heterocycles. The van der Waals surface area contributed by atoms with Crippen molar-refractivity contribution in [2.45, 2.75) is 18.3 Å². The maximum Gasteiger partial charge on any atom is 0.433 e. The van der Waals surface area contributed by atoms with Crippen molar-refractivity contribution >= 4 is 34.3 Å². The Balaban J connectivity index is 1.46. The van der Waals surface area contributed by atoms with Gasteiger partial charge in [0.15, 0.2) is 12.1 Å². The normalized spacial score (nSPS) is 26.9. The lowest BCUT2D eigenvalue weighted by Gasteiger charge is -2.33. The summed E-state index contributed by atoms with van der Waals surface area (Å²) in [7, 11) is 0. The zero-order valence-electron chi connectivity index (χ0n) is 18.6. The Bertz CT molecular complexity index is 1530. The van der Waals surface area contributed by atoms with Gasteiger partial charge < -0.3 is 0 Å². The van der Waals surface area contributed by atoms with E-state index in [1.807, 2.05) is 6.07 Å². The molecule has 3 amide bonds. The smallest absolute Gasteiger partial charge is 0.287 e.